The van der Waals surface area contributed by atoms with Gasteiger partial charge in [-0.15, -0.1) is 0 Å². The summed E-state index contributed by atoms with van der Waals surface area (Å²) in [6, 6.07) is 10.2. The van der Waals surface area contributed by atoms with E-state index in [2.05, 4.69) is 0 Å². The van der Waals surface area contributed by atoms with E-state index in [1.807, 2.05) is 0 Å². The number of carboxylic acid groups (broad SMARTS) is 4. The standard InChI is InChI=1S/2C8H6O4.2Na.2H/c9-7(10)5-1-2-6(4-3-5)8(11)12;9-7(10)5-2-1-3-6(4-5)8(11)12;;;;/h2*1-4H,(H,9,10)(H,11,12);;;;. The quantitative estimate of drug-likeness (QED) is 0.571. The number of benzene rings is 2. The molecule has 0 amide bonds. The average molecular weight is 380 g/mol. The Morgan fingerprint density at radius 1 is 0.500 bits per heavy atom. The SMILES string of the molecule is O=C(O)c1ccc(C(=O)O)cc1.O=C(O)c1cccc(C(=O)O)c1.[NaH].[NaH]. The average Bonchev–Trinajstić information content (AvgIpc) is 2.55. The molecule has 0 unspecified atom stereocenters. The number of hydrogen-bond acceptors (Lipinski definition) is 4. The molecule has 10 heteroatoms. The fraction of sp³-hybridized carbons (Fsp3) is 0. The maximum atomic E-state index is 10.4. The Morgan fingerprint density at radius 3 is 1.00 bits per heavy atom. The molecule has 2 aromatic carbocycles. The third-order valence-corrected chi connectivity index (χ3v) is 2.74. The van der Waals surface area contributed by atoms with Crippen LogP contribution in [0.2, 0.25) is 0 Å². The Balaban J connectivity index is 0. The zero-order chi connectivity index (χ0) is 18.3. The van der Waals surface area contributed by atoms with Crippen molar-refractivity contribution in [1.29, 1.82) is 0 Å². The summed E-state index contributed by atoms with van der Waals surface area (Å²) in [5.41, 5.74) is 0.129. The van der Waals surface area contributed by atoms with Gasteiger partial charge in [-0.05, 0) is 42.5 Å². The molecule has 2 rings (SSSR count). The predicted molar refractivity (Wildman–Crippen MR) is 95.0 cm³/mol. The molecule has 2 aromatic rings. The van der Waals surface area contributed by atoms with Gasteiger partial charge >= 0.3 is 83.0 Å². The summed E-state index contributed by atoms with van der Waals surface area (Å²) in [6.45, 7) is 0. The predicted octanol–water partition coefficient (Wildman–Crippen LogP) is 0.869. The minimum atomic E-state index is -1.13. The van der Waals surface area contributed by atoms with Crippen LogP contribution in [0.25, 0.3) is 0 Å². The molecule has 0 aromatic heterocycles. The van der Waals surface area contributed by atoms with E-state index in [0.717, 1.165) is 6.07 Å². The van der Waals surface area contributed by atoms with Crippen molar-refractivity contribution in [2.24, 2.45) is 0 Å². The van der Waals surface area contributed by atoms with Crippen molar-refractivity contribution in [2.45, 2.75) is 0 Å². The summed E-state index contributed by atoms with van der Waals surface area (Å²) in [5, 5.41) is 33.9. The van der Waals surface area contributed by atoms with Crippen molar-refractivity contribution in [3.05, 3.63) is 70.8 Å². The van der Waals surface area contributed by atoms with E-state index in [1.54, 1.807) is 0 Å². The first kappa shape index (κ1) is 26.5. The van der Waals surface area contributed by atoms with Crippen molar-refractivity contribution in [1.82, 2.24) is 0 Å². The Kier molecular flexibility index (Phi) is 12.9. The fourth-order valence-electron chi connectivity index (χ4n) is 1.54. The molecular formula is C16H14Na2O8. The van der Waals surface area contributed by atoms with E-state index in [4.69, 9.17) is 20.4 Å². The van der Waals surface area contributed by atoms with Crippen LogP contribution >= 0.6 is 0 Å². The van der Waals surface area contributed by atoms with Gasteiger partial charge in [0.25, 0.3) is 0 Å². The van der Waals surface area contributed by atoms with Gasteiger partial charge in [-0.3, -0.25) is 0 Å². The Morgan fingerprint density at radius 2 is 0.769 bits per heavy atom. The second-order valence-electron chi connectivity index (χ2n) is 4.38. The van der Waals surface area contributed by atoms with E-state index >= 15 is 0 Å². The van der Waals surface area contributed by atoms with Gasteiger partial charge in [-0.25, -0.2) is 19.2 Å². The van der Waals surface area contributed by atoms with Crippen molar-refractivity contribution >= 4 is 83.0 Å². The van der Waals surface area contributed by atoms with Gasteiger partial charge in [0.2, 0.25) is 0 Å². The van der Waals surface area contributed by atoms with E-state index < -0.39 is 23.9 Å². The van der Waals surface area contributed by atoms with Crippen LogP contribution in [0.1, 0.15) is 41.4 Å². The van der Waals surface area contributed by atoms with Crippen molar-refractivity contribution in [3.63, 3.8) is 0 Å². The Labute approximate surface area is 192 Å². The monoisotopic (exact) mass is 380 g/mol. The van der Waals surface area contributed by atoms with Crippen LogP contribution in [0.15, 0.2) is 48.5 Å². The topological polar surface area (TPSA) is 149 Å². The third kappa shape index (κ3) is 8.61. The van der Waals surface area contributed by atoms with Gasteiger partial charge in [-0.2, -0.15) is 0 Å². The number of aromatic carboxylic acids is 4. The van der Waals surface area contributed by atoms with Crippen LogP contribution < -0.4 is 0 Å². The van der Waals surface area contributed by atoms with Crippen LogP contribution in [0.5, 0.6) is 0 Å². The molecule has 0 radical (unpaired) electrons. The molecule has 128 valence electrons. The summed E-state index contributed by atoms with van der Waals surface area (Å²) in [4.78, 5) is 41.4. The van der Waals surface area contributed by atoms with E-state index in [-0.39, 0.29) is 81.4 Å². The van der Waals surface area contributed by atoms with Gasteiger partial charge in [0.15, 0.2) is 0 Å². The summed E-state index contributed by atoms with van der Waals surface area (Å²) in [6.07, 6.45) is 0. The van der Waals surface area contributed by atoms with Gasteiger partial charge < -0.3 is 20.4 Å². The number of rotatable bonds is 4. The summed E-state index contributed by atoms with van der Waals surface area (Å²) in [5.74, 6) is -4.38. The Hall–Kier alpha value is -1.68. The summed E-state index contributed by atoms with van der Waals surface area (Å²) < 4.78 is 0. The first-order valence-corrected chi connectivity index (χ1v) is 6.35. The van der Waals surface area contributed by atoms with Gasteiger partial charge in [0.1, 0.15) is 0 Å². The molecule has 0 aliphatic rings. The zero-order valence-corrected chi connectivity index (χ0v) is 12.0. The first-order valence-electron chi connectivity index (χ1n) is 6.35. The van der Waals surface area contributed by atoms with Gasteiger partial charge in [0, 0.05) is 0 Å². The number of carbonyl (C=O) groups is 4. The first-order chi connectivity index (χ1) is 11.2. The number of carboxylic acids is 4. The molecule has 0 atom stereocenters. The van der Waals surface area contributed by atoms with Crippen LogP contribution in [0.3, 0.4) is 0 Å². The minimum absolute atomic E-state index is 0. The molecule has 26 heavy (non-hydrogen) atoms. The molecule has 0 fully saturated rings. The van der Waals surface area contributed by atoms with Crippen molar-refractivity contribution in [3.8, 4) is 0 Å². The summed E-state index contributed by atoms with van der Waals surface area (Å²) in [7, 11) is 0. The van der Waals surface area contributed by atoms with Crippen LogP contribution in [0.4, 0.5) is 0 Å². The van der Waals surface area contributed by atoms with Crippen LogP contribution in [0, 0.1) is 0 Å². The van der Waals surface area contributed by atoms with Gasteiger partial charge in [-0.1, -0.05) is 6.07 Å². The van der Waals surface area contributed by atoms with Crippen molar-refractivity contribution in [2.75, 3.05) is 0 Å². The molecule has 0 saturated heterocycles. The molecule has 8 nitrogen and oxygen atoms in total. The molecule has 0 aliphatic heterocycles. The van der Waals surface area contributed by atoms with Crippen LogP contribution in [-0.4, -0.2) is 103 Å². The zero-order valence-electron chi connectivity index (χ0n) is 12.0. The molecule has 0 spiro atoms. The van der Waals surface area contributed by atoms with E-state index in [9.17, 15) is 19.2 Å². The molecule has 0 bridgehead atoms. The van der Waals surface area contributed by atoms with Gasteiger partial charge in [0.05, 0.1) is 22.3 Å². The summed E-state index contributed by atoms with van der Waals surface area (Å²) >= 11 is 0. The normalized spacial score (nSPS) is 8.62. The van der Waals surface area contributed by atoms with Crippen molar-refractivity contribution < 1.29 is 39.6 Å². The molecule has 0 heterocycles. The Bertz CT molecular complexity index is 725. The fourth-order valence-corrected chi connectivity index (χ4v) is 1.54. The molecular weight excluding hydrogens is 366 g/mol. The second-order valence-corrected chi connectivity index (χ2v) is 4.38. The maximum absolute atomic E-state index is 10.4. The third-order valence-electron chi connectivity index (χ3n) is 2.74. The van der Waals surface area contributed by atoms with E-state index in [1.165, 1.54) is 42.5 Å². The van der Waals surface area contributed by atoms with E-state index in [0.29, 0.717) is 0 Å². The van der Waals surface area contributed by atoms with Crippen LogP contribution in [-0.2, 0) is 0 Å². The molecule has 0 saturated carbocycles. The number of hydrogen-bond donors (Lipinski definition) is 4. The molecule has 4 N–H and O–H groups in total. The molecule has 0 aliphatic carbocycles. The second kappa shape index (κ2) is 12.6.